The lowest BCUT2D eigenvalue weighted by molar-refractivity contribution is -0.141. The van der Waals surface area contributed by atoms with E-state index in [0.717, 1.165) is 6.54 Å². The lowest BCUT2D eigenvalue weighted by Crippen LogP contribution is -2.52. The van der Waals surface area contributed by atoms with Gasteiger partial charge < -0.3 is 15.1 Å². The predicted octanol–water partition coefficient (Wildman–Crippen LogP) is -0.293. The van der Waals surface area contributed by atoms with E-state index < -0.39 is 0 Å². The molecule has 0 saturated carbocycles. The molecule has 0 aromatic heterocycles. The summed E-state index contributed by atoms with van der Waals surface area (Å²) in [5, 5.41) is 2.97. The van der Waals surface area contributed by atoms with E-state index in [-0.39, 0.29) is 36.8 Å². The van der Waals surface area contributed by atoms with Crippen molar-refractivity contribution in [1.29, 1.82) is 0 Å². The highest BCUT2D eigenvalue weighted by atomic mass is 35.5. The van der Waals surface area contributed by atoms with Crippen molar-refractivity contribution in [3.63, 3.8) is 0 Å². The molecule has 16 heavy (non-hydrogen) atoms. The van der Waals surface area contributed by atoms with Gasteiger partial charge in [0.1, 0.15) is 0 Å². The first-order chi connectivity index (χ1) is 7.02. The molecule has 0 unspecified atom stereocenters. The number of halogens is 1. The van der Waals surface area contributed by atoms with Crippen molar-refractivity contribution in [1.82, 2.24) is 15.1 Å². The van der Waals surface area contributed by atoms with E-state index in [9.17, 15) is 9.59 Å². The maximum Gasteiger partial charge on any atom is 0.242 e. The molecule has 1 aliphatic heterocycles. The van der Waals surface area contributed by atoms with Crippen LogP contribution in [0.1, 0.15) is 13.8 Å². The fourth-order valence-corrected chi connectivity index (χ4v) is 1.38. The molecular formula is C10H20ClN3O2. The van der Waals surface area contributed by atoms with E-state index in [1.165, 1.54) is 0 Å². The van der Waals surface area contributed by atoms with Crippen molar-refractivity contribution in [2.75, 3.05) is 33.2 Å². The third-order valence-electron chi connectivity index (χ3n) is 2.68. The molecule has 0 radical (unpaired) electrons. The normalized spacial score (nSPS) is 16.0. The zero-order chi connectivity index (χ0) is 11.4. The first-order valence-corrected chi connectivity index (χ1v) is 5.26. The molecule has 0 aromatic rings. The van der Waals surface area contributed by atoms with Gasteiger partial charge in [-0.2, -0.15) is 0 Å². The molecule has 0 aliphatic carbocycles. The molecule has 1 saturated heterocycles. The Balaban J connectivity index is 0.00000225. The maximum absolute atomic E-state index is 11.7. The Hall–Kier alpha value is -0.810. The number of hydrogen-bond acceptors (Lipinski definition) is 3. The minimum absolute atomic E-state index is 0. The van der Waals surface area contributed by atoms with Crippen molar-refractivity contribution >= 4 is 24.2 Å². The molecule has 1 heterocycles. The number of nitrogens with one attached hydrogen (secondary N) is 1. The standard InChI is InChI=1S/C10H19N3O2.ClH/c1-8(2)12(3)10(15)7-13-5-4-11-6-9(13)14;/h8,11H,4-7H2,1-3H3;1H. The van der Waals surface area contributed by atoms with Crippen LogP contribution >= 0.6 is 12.4 Å². The Morgan fingerprint density at radius 3 is 2.69 bits per heavy atom. The van der Waals surface area contributed by atoms with Crippen molar-refractivity contribution in [3.05, 3.63) is 0 Å². The smallest absolute Gasteiger partial charge is 0.242 e. The van der Waals surface area contributed by atoms with Crippen LogP contribution in [0, 0.1) is 0 Å². The summed E-state index contributed by atoms with van der Waals surface area (Å²) in [4.78, 5) is 26.4. The number of carbonyl (C=O) groups excluding carboxylic acids is 2. The van der Waals surface area contributed by atoms with Crippen LogP contribution < -0.4 is 5.32 Å². The largest absolute Gasteiger partial charge is 0.342 e. The molecule has 6 heteroatoms. The summed E-state index contributed by atoms with van der Waals surface area (Å²) >= 11 is 0. The van der Waals surface area contributed by atoms with Gasteiger partial charge in [-0.15, -0.1) is 12.4 Å². The number of amides is 2. The van der Waals surface area contributed by atoms with Crippen molar-refractivity contribution in [2.24, 2.45) is 0 Å². The minimum Gasteiger partial charge on any atom is -0.342 e. The van der Waals surface area contributed by atoms with Gasteiger partial charge in [-0.05, 0) is 13.8 Å². The number of rotatable bonds is 3. The molecular weight excluding hydrogens is 230 g/mol. The van der Waals surface area contributed by atoms with Crippen LogP contribution in [0.15, 0.2) is 0 Å². The highest BCUT2D eigenvalue weighted by Crippen LogP contribution is 1.99. The van der Waals surface area contributed by atoms with Gasteiger partial charge in [0, 0.05) is 26.2 Å². The van der Waals surface area contributed by atoms with E-state index in [1.807, 2.05) is 13.8 Å². The summed E-state index contributed by atoms with van der Waals surface area (Å²) < 4.78 is 0. The SMILES string of the molecule is CC(C)N(C)C(=O)CN1CCNCC1=O.Cl. The fourth-order valence-electron chi connectivity index (χ4n) is 1.38. The lowest BCUT2D eigenvalue weighted by atomic mass is 10.3. The second-order valence-electron chi connectivity index (χ2n) is 4.09. The van der Waals surface area contributed by atoms with Crippen LogP contribution in [0.25, 0.3) is 0 Å². The van der Waals surface area contributed by atoms with Crippen LogP contribution in [-0.4, -0.2) is 60.9 Å². The van der Waals surface area contributed by atoms with Gasteiger partial charge in [0.25, 0.3) is 0 Å². The number of likely N-dealkylation sites (N-methyl/N-ethyl adjacent to an activating group) is 1. The highest BCUT2D eigenvalue weighted by Gasteiger charge is 2.22. The number of hydrogen-bond donors (Lipinski definition) is 1. The van der Waals surface area contributed by atoms with Gasteiger partial charge in [0.05, 0.1) is 13.1 Å². The molecule has 1 N–H and O–H groups in total. The summed E-state index contributed by atoms with van der Waals surface area (Å²) in [6.07, 6.45) is 0. The molecule has 94 valence electrons. The molecule has 1 fully saturated rings. The first kappa shape index (κ1) is 15.2. The molecule has 1 aliphatic rings. The summed E-state index contributed by atoms with van der Waals surface area (Å²) in [5.74, 6) is 0.00649. The number of nitrogens with zero attached hydrogens (tertiary/aromatic N) is 2. The van der Waals surface area contributed by atoms with Crippen LogP contribution in [0.2, 0.25) is 0 Å². The quantitative estimate of drug-likeness (QED) is 0.748. The number of piperazine rings is 1. The Morgan fingerprint density at radius 1 is 1.56 bits per heavy atom. The molecule has 5 nitrogen and oxygen atoms in total. The molecule has 2 amide bonds. The average molecular weight is 250 g/mol. The zero-order valence-corrected chi connectivity index (χ0v) is 10.8. The fraction of sp³-hybridized carbons (Fsp3) is 0.800. The third kappa shape index (κ3) is 3.98. The Bertz CT molecular complexity index is 258. The molecule has 0 atom stereocenters. The van der Waals surface area contributed by atoms with Crippen molar-refractivity contribution in [2.45, 2.75) is 19.9 Å². The van der Waals surface area contributed by atoms with Gasteiger partial charge in [-0.3, -0.25) is 9.59 Å². The van der Waals surface area contributed by atoms with Crippen LogP contribution in [0.4, 0.5) is 0 Å². The topological polar surface area (TPSA) is 52.7 Å². The van der Waals surface area contributed by atoms with Crippen LogP contribution in [-0.2, 0) is 9.59 Å². The molecule has 1 rings (SSSR count). The van der Waals surface area contributed by atoms with Gasteiger partial charge in [0.15, 0.2) is 0 Å². The van der Waals surface area contributed by atoms with E-state index in [1.54, 1.807) is 16.8 Å². The highest BCUT2D eigenvalue weighted by molar-refractivity contribution is 5.86. The zero-order valence-electron chi connectivity index (χ0n) is 10.0. The second-order valence-corrected chi connectivity index (χ2v) is 4.09. The average Bonchev–Trinajstić information content (AvgIpc) is 2.20. The van der Waals surface area contributed by atoms with Crippen molar-refractivity contribution in [3.8, 4) is 0 Å². The van der Waals surface area contributed by atoms with Gasteiger partial charge >= 0.3 is 0 Å². The molecule has 0 bridgehead atoms. The molecule has 0 spiro atoms. The van der Waals surface area contributed by atoms with E-state index in [0.29, 0.717) is 13.1 Å². The summed E-state index contributed by atoms with van der Waals surface area (Å²) in [5.41, 5.74) is 0. The van der Waals surface area contributed by atoms with Crippen LogP contribution in [0.3, 0.4) is 0 Å². The summed E-state index contributed by atoms with van der Waals surface area (Å²) in [6.45, 7) is 5.85. The van der Waals surface area contributed by atoms with E-state index in [2.05, 4.69) is 5.32 Å². The minimum atomic E-state index is 0. The Morgan fingerprint density at radius 2 is 2.19 bits per heavy atom. The Kier molecular flexibility index (Phi) is 6.36. The second kappa shape index (κ2) is 6.70. The van der Waals surface area contributed by atoms with Gasteiger partial charge in [0.2, 0.25) is 11.8 Å². The van der Waals surface area contributed by atoms with Gasteiger partial charge in [-0.25, -0.2) is 0 Å². The number of carbonyl (C=O) groups is 2. The first-order valence-electron chi connectivity index (χ1n) is 5.26. The monoisotopic (exact) mass is 249 g/mol. The Labute approximate surface area is 103 Å². The van der Waals surface area contributed by atoms with Gasteiger partial charge in [-0.1, -0.05) is 0 Å². The van der Waals surface area contributed by atoms with E-state index in [4.69, 9.17) is 0 Å². The van der Waals surface area contributed by atoms with Crippen molar-refractivity contribution < 1.29 is 9.59 Å². The predicted molar refractivity (Wildman–Crippen MR) is 64.6 cm³/mol. The third-order valence-corrected chi connectivity index (χ3v) is 2.68. The summed E-state index contributed by atoms with van der Waals surface area (Å²) in [7, 11) is 1.76. The maximum atomic E-state index is 11.7. The molecule has 0 aromatic carbocycles. The lowest BCUT2D eigenvalue weighted by Gasteiger charge is -2.29. The summed E-state index contributed by atoms with van der Waals surface area (Å²) in [6, 6.07) is 0.176. The van der Waals surface area contributed by atoms with Crippen LogP contribution in [0.5, 0.6) is 0 Å². The van der Waals surface area contributed by atoms with E-state index >= 15 is 0 Å².